The topological polar surface area (TPSA) is 61.0 Å². The molecule has 94 valence electrons. The molecule has 5 heteroatoms. The Hall–Kier alpha value is -1.81. The zero-order chi connectivity index (χ0) is 13.3. The van der Waals surface area contributed by atoms with Crippen LogP contribution in [0.3, 0.4) is 0 Å². The maximum atomic E-state index is 5.98. The minimum absolute atomic E-state index is 0.421. The molecule has 1 heterocycles. The van der Waals surface area contributed by atoms with E-state index in [1.807, 2.05) is 32.9 Å². The summed E-state index contributed by atoms with van der Waals surface area (Å²) in [5.74, 6) is 1.64. The van der Waals surface area contributed by atoms with Gasteiger partial charge < -0.3 is 10.5 Å². The van der Waals surface area contributed by atoms with Gasteiger partial charge in [0, 0.05) is 5.02 Å². The van der Waals surface area contributed by atoms with Crippen molar-refractivity contribution in [2.75, 3.05) is 5.73 Å². The summed E-state index contributed by atoms with van der Waals surface area (Å²) in [4.78, 5) is 8.00. The Balaban J connectivity index is 2.43. The van der Waals surface area contributed by atoms with Crippen molar-refractivity contribution < 1.29 is 4.74 Å². The number of anilines is 1. The van der Waals surface area contributed by atoms with Crippen LogP contribution in [0.1, 0.15) is 16.7 Å². The highest BCUT2D eigenvalue weighted by Gasteiger charge is 2.11. The van der Waals surface area contributed by atoms with E-state index in [1.165, 1.54) is 6.33 Å². The number of nitrogens with two attached hydrogens (primary N) is 1. The summed E-state index contributed by atoms with van der Waals surface area (Å²) >= 11 is 5.98. The van der Waals surface area contributed by atoms with E-state index in [4.69, 9.17) is 22.1 Å². The van der Waals surface area contributed by atoms with Crippen LogP contribution in [0, 0.1) is 20.8 Å². The Kier molecular flexibility index (Phi) is 3.39. The Labute approximate surface area is 111 Å². The minimum atomic E-state index is 0.421. The molecule has 2 N–H and O–H groups in total. The molecule has 0 bridgehead atoms. The van der Waals surface area contributed by atoms with Gasteiger partial charge in [-0.1, -0.05) is 11.6 Å². The molecule has 0 saturated carbocycles. The van der Waals surface area contributed by atoms with Crippen molar-refractivity contribution in [2.45, 2.75) is 20.8 Å². The van der Waals surface area contributed by atoms with E-state index < -0.39 is 0 Å². The lowest BCUT2D eigenvalue weighted by Gasteiger charge is -2.13. The standard InChI is InChI=1S/C13H14ClN3O/c1-7-4-10(14)5-8(2)11(7)18-13-9(3)12(15)16-6-17-13/h4-6H,1-3H3,(H2,15,16,17). The molecule has 0 atom stereocenters. The van der Waals surface area contributed by atoms with Gasteiger partial charge in [0.15, 0.2) is 0 Å². The van der Waals surface area contributed by atoms with Gasteiger partial charge in [0.1, 0.15) is 17.9 Å². The van der Waals surface area contributed by atoms with Crippen LogP contribution in [0.25, 0.3) is 0 Å². The van der Waals surface area contributed by atoms with Gasteiger partial charge in [0.2, 0.25) is 5.88 Å². The number of aryl methyl sites for hydroxylation is 2. The molecule has 0 amide bonds. The summed E-state index contributed by atoms with van der Waals surface area (Å²) in [6.07, 6.45) is 1.39. The molecule has 0 unspecified atom stereocenters. The number of ether oxygens (including phenoxy) is 1. The highest BCUT2D eigenvalue weighted by atomic mass is 35.5. The SMILES string of the molecule is Cc1cc(Cl)cc(C)c1Oc1ncnc(N)c1C. The third-order valence-corrected chi connectivity index (χ3v) is 2.92. The minimum Gasteiger partial charge on any atom is -0.438 e. The molecule has 18 heavy (non-hydrogen) atoms. The van der Waals surface area contributed by atoms with Gasteiger partial charge in [-0.15, -0.1) is 0 Å². The Morgan fingerprint density at radius 2 is 1.72 bits per heavy atom. The Bertz CT molecular complexity index is 576. The maximum Gasteiger partial charge on any atom is 0.227 e. The number of hydrogen-bond acceptors (Lipinski definition) is 4. The van der Waals surface area contributed by atoms with Crippen LogP contribution in [0.15, 0.2) is 18.5 Å². The third kappa shape index (κ3) is 2.38. The van der Waals surface area contributed by atoms with Gasteiger partial charge in [-0.3, -0.25) is 0 Å². The zero-order valence-electron chi connectivity index (χ0n) is 10.5. The van der Waals surface area contributed by atoms with Crippen molar-refractivity contribution in [1.82, 2.24) is 9.97 Å². The summed E-state index contributed by atoms with van der Waals surface area (Å²) in [7, 11) is 0. The van der Waals surface area contributed by atoms with Crippen molar-refractivity contribution in [3.8, 4) is 11.6 Å². The number of benzene rings is 1. The quantitative estimate of drug-likeness (QED) is 0.902. The molecule has 4 nitrogen and oxygen atoms in total. The van der Waals surface area contributed by atoms with Crippen LogP contribution in [0.4, 0.5) is 5.82 Å². The second-order valence-corrected chi connectivity index (χ2v) is 4.60. The average molecular weight is 264 g/mol. The number of rotatable bonds is 2. The molecule has 0 aliphatic rings. The lowest BCUT2D eigenvalue weighted by atomic mass is 10.1. The maximum absolute atomic E-state index is 5.98. The predicted octanol–water partition coefficient (Wildman–Crippen LogP) is 3.43. The Morgan fingerprint density at radius 1 is 1.11 bits per heavy atom. The van der Waals surface area contributed by atoms with E-state index in [1.54, 1.807) is 0 Å². The van der Waals surface area contributed by atoms with Crippen molar-refractivity contribution in [3.63, 3.8) is 0 Å². The van der Waals surface area contributed by atoms with E-state index in [-0.39, 0.29) is 0 Å². The predicted molar refractivity (Wildman–Crippen MR) is 72.2 cm³/mol. The molecule has 0 saturated heterocycles. The van der Waals surface area contributed by atoms with Gasteiger partial charge in [-0.05, 0) is 44.0 Å². The molecule has 1 aromatic heterocycles. The van der Waals surface area contributed by atoms with Crippen LogP contribution in [-0.2, 0) is 0 Å². The summed E-state index contributed by atoms with van der Waals surface area (Å²) in [6, 6.07) is 3.70. The second kappa shape index (κ2) is 4.82. The van der Waals surface area contributed by atoms with E-state index >= 15 is 0 Å². The van der Waals surface area contributed by atoms with Gasteiger partial charge in [0.05, 0.1) is 5.56 Å². The van der Waals surface area contributed by atoms with Crippen LogP contribution in [0.2, 0.25) is 5.02 Å². The molecule has 0 fully saturated rings. The van der Waals surface area contributed by atoms with Crippen molar-refractivity contribution in [3.05, 3.63) is 40.2 Å². The highest BCUT2D eigenvalue weighted by molar-refractivity contribution is 6.30. The molecule has 1 aromatic carbocycles. The van der Waals surface area contributed by atoms with Crippen LogP contribution in [0.5, 0.6) is 11.6 Å². The molecule has 0 spiro atoms. The monoisotopic (exact) mass is 263 g/mol. The Morgan fingerprint density at radius 3 is 2.33 bits per heavy atom. The molecule has 0 aliphatic heterocycles. The smallest absolute Gasteiger partial charge is 0.227 e. The number of halogens is 1. The highest BCUT2D eigenvalue weighted by Crippen LogP contribution is 2.32. The van der Waals surface area contributed by atoms with Crippen LogP contribution in [-0.4, -0.2) is 9.97 Å². The number of nitrogens with zero attached hydrogens (tertiary/aromatic N) is 2. The molecular weight excluding hydrogens is 250 g/mol. The lowest BCUT2D eigenvalue weighted by Crippen LogP contribution is -2.00. The molecule has 0 aliphatic carbocycles. The first kappa shape index (κ1) is 12.6. The first-order chi connectivity index (χ1) is 8.49. The van der Waals surface area contributed by atoms with Crippen molar-refractivity contribution in [2.24, 2.45) is 0 Å². The van der Waals surface area contributed by atoms with Gasteiger partial charge in [-0.2, -0.15) is 0 Å². The number of aromatic nitrogens is 2. The van der Waals surface area contributed by atoms with Gasteiger partial charge in [-0.25, -0.2) is 9.97 Å². The summed E-state index contributed by atoms with van der Waals surface area (Å²) in [5.41, 5.74) is 8.36. The molecule has 2 rings (SSSR count). The average Bonchev–Trinajstić information content (AvgIpc) is 2.28. The fourth-order valence-corrected chi connectivity index (χ4v) is 2.03. The van der Waals surface area contributed by atoms with Crippen molar-refractivity contribution in [1.29, 1.82) is 0 Å². The fraction of sp³-hybridized carbons (Fsp3) is 0.231. The zero-order valence-corrected chi connectivity index (χ0v) is 11.2. The second-order valence-electron chi connectivity index (χ2n) is 4.16. The first-order valence-electron chi connectivity index (χ1n) is 5.50. The van der Waals surface area contributed by atoms with Gasteiger partial charge >= 0.3 is 0 Å². The first-order valence-corrected chi connectivity index (χ1v) is 5.88. The van der Waals surface area contributed by atoms with E-state index in [0.717, 1.165) is 22.4 Å². The number of nitrogen functional groups attached to an aromatic ring is 1. The van der Waals surface area contributed by atoms with E-state index in [0.29, 0.717) is 16.7 Å². The molecule has 2 aromatic rings. The van der Waals surface area contributed by atoms with Crippen molar-refractivity contribution >= 4 is 17.4 Å². The molecule has 0 radical (unpaired) electrons. The van der Waals surface area contributed by atoms with E-state index in [9.17, 15) is 0 Å². The molecular formula is C13H14ClN3O. The normalized spacial score (nSPS) is 10.4. The van der Waals surface area contributed by atoms with Gasteiger partial charge in [0.25, 0.3) is 0 Å². The fourth-order valence-electron chi connectivity index (χ4n) is 1.70. The summed E-state index contributed by atoms with van der Waals surface area (Å²) in [5, 5.41) is 0.691. The van der Waals surface area contributed by atoms with Crippen LogP contribution < -0.4 is 10.5 Å². The van der Waals surface area contributed by atoms with Crippen LogP contribution >= 0.6 is 11.6 Å². The lowest BCUT2D eigenvalue weighted by molar-refractivity contribution is 0.451. The number of hydrogen-bond donors (Lipinski definition) is 1. The largest absolute Gasteiger partial charge is 0.438 e. The van der Waals surface area contributed by atoms with E-state index in [2.05, 4.69) is 9.97 Å². The summed E-state index contributed by atoms with van der Waals surface area (Å²) in [6.45, 7) is 5.70. The third-order valence-electron chi connectivity index (χ3n) is 2.70. The summed E-state index contributed by atoms with van der Waals surface area (Å²) < 4.78 is 5.82.